The Morgan fingerprint density at radius 3 is 1.67 bits per heavy atom. The first-order valence-corrected chi connectivity index (χ1v) is 6.12. The third-order valence-corrected chi connectivity index (χ3v) is 2.59. The van der Waals surface area contributed by atoms with E-state index in [1.807, 2.05) is 0 Å². The number of hydrogen-bond donors (Lipinski definition) is 2. The Morgan fingerprint density at radius 1 is 0.762 bits per heavy atom. The quantitative estimate of drug-likeness (QED) is 0.477. The molecule has 0 atom stereocenters. The Bertz CT molecular complexity index is 576. The molecule has 110 valence electrons. The molecule has 0 aliphatic carbocycles. The van der Waals surface area contributed by atoms with Crippen LogP contribution in [0.3, 0.4) is 0 Å². The average Bonchev–Trinajstić information content (AvgIpc) is 2.50. The molecular formula is C15H14O6. The summed E-state index contributed by atoms with van der Waals surface area (Å²) >= 11 is 0. The summed E-state index contributed by atoms with van der Waals surface area (Å²) in [5, 5.41) is 17.2. The highest BCUT2D eigenvalue weighted by Crippen LogP contribution is 2.19. The van der Waals surface area contributed by atoms with Gasteiger partial charge in [-0.05, 0) is 48.5 Å². The molecule has 0 saturated heterocycles. The van der Waals surface area contributed by atoms with Gasteiger partial charge in [0.15, 0.2) is 13.6 Å². The Hall–Kier alpha value is -2.57. The Labute approximate surface area is 121 Å². The third kappa shape index (κ3) is 4.20. The molecule has 0 unspecified atom stereocenters. The minimum Gasteiger partial charge on any atom is -0.468 e. The van der Waals surface area contributed by atoms with Gasteiger partial charge in [-0.1, -0.05) is 0 Å². The SMILES string of the molecule is O=C(Oc1ccc(OCO)cc1)c1ccc(OCO)cc1. The summed E-state index contributed by atoms with van der Waals surface area (Å²) in [4.78, 5) is 11.9. The molecule has 2 rings (SSSR count). The number of carbonyl (C=O) groups excluding carboxylic acids is 1. The van der Waals surface area contributed by atoms with Gasteiger partial charge in [0.05, 0.1) is 5.56 Å². The van der Waals surface area contributed by atoms with Crippen molar-refractivity contribution in [1.82, 2.24) is 0 Å². The number of aliphatic hydroxyl groups excluding tert-OH is 2. The highest BCUT2D eigenvalue weighted by atomic mass is 16.6. The van der Waals surface area contributed by atoms with Gasteiger partial charge in [0.25, 0.3) is 0 Å². The van der Waals surface area contributed by atoms with E-state index in [1.165, 1.54) is 12.1 Å². The summed E-state index contributed by atoms with van der Waals surface area (Å²) in [5.41, 5.74) is 0.357. The maximum Gasteiger partial charge on any atom is 0.343 e. The molecule has 0 heterocycles. The van der Waals surface area contributed by atoms with Crippen LogP contribution in [0.4, 0.5) is 0 Å². The molecule has 2 aromatic rings. The molecule has 2 aromatic carbocycles. The van der Waals surface area contributed by atoms with Crippen molar-refractivity contribution in [3.8, 4) is 17.2 Å². The summed E-state index contributed by atoms with van der Waals surface area (Å²) in [6, 6.07) is 12.5. The number of benzene rings is 2. The molecule has 0 bridgehead atoms. The first-order chi connectivity index (χ1) is 10.2. The molecule has 0 aliphatic rings. The molecule has 0 radical (unpaired) electrons. The molecule has 0 spiro atoms. The van der Waals surface area contributed by atoms with Crippen molar-refractivity contribution < 1.29 is 29.2 Å². The summed E-state index contributed by atoms with van der Waals surface area (Å²) in [6.45, 7) is -0.840. The van der Waals surface area contributed by atoms with E-state index in [0.29, 0.717) is 22.8 Å². The second-order valence-electron chi connectivity index (χ2n) is 3.93. The molecule has 21 heavy (non-hydrogen) atoms. The third-order valence-electron chi connectivity index (χ3n) is 2.59. The summed E-state index contributed by atoms with van der Waals surface area (Å²) < 4.78 is 14.9. The zero-order chi connectivity index (χ0) is 15.1. The Kier molecular flexibility index (Phi) is 5.14. The fraction of sp³-hybridized carbons (Fsp3) is 0.133. The van der Waals surface area contributed by atoms with Gasteiger partial charge in [-0.15, -0.1) is 0 Å². The smallest absolute Gasteiger partial charge is 0.343 e. The second-order valence-corrected chi connectivity index (χ2v) is 3.93. The van der Waals surface area contributed by atoms with Crippen molar-refractivity contribution in [3.05, 3.63) is 54.1 Å². The van der Waals surface area contributed by atoms with Gasteiger partial charge in [-0.3, -0.25) is 0 Å². The first kappa shape index (κ1) is 14.8. The molecule has 0 fully saturated rings. The normalized spacial score (nSPS) is 10.0. The minimum atomic E-state index is -0.513. The second kappa shape index (κ2) is 7.28. The summed E-state index contributed by atoms with van der Waals surface area (Å²) in [7, 11) is 0. The fourth-order valence-electron chi connectivity index (χ4n) is 1.61. The van der Waals surface area contributed by atoms with Crippen LogP contribution in [0.15, 0.2) is 48.5 Å². The molecule has 0 aromatic heterocycles. The van der Waals surface area contributed by atoms with Crippen LogP contribution < -0.4 is 14.2 Å². The Balaban J connectivity index is 2.00. The van der Waals surface area contributed by atoms with Crippen molar-refractivity contribution in [2.45, 2.75) is 0 Å². The van der Waals surface area contributed by atoms with Gasteiger partial charge in [-0.2, -0.15) is 0 Å². The van der Waals surface area contributed by atoms with Gasteiger partial charge >= 0.3 is 5.97 Å². The number of carbonyl (C=O) groups is 1. The standard InChI is InChI=1S/C15H14O6/c16-9-19-12-3-1-11(2-4-12)15(18)21-14-7-5-13(6-8-14)20-10-17/h1-8,16-17H,9-10H2. The number of ether oxygens (including phenoxy) is 3. The highest BCUT2D eigenvalue weighted by molar-refractivity contribution is 5.91. The van der Waals surface area contributed by atoms with Gasteiger partial charge in [0.2, 0.25) is 0 Å². The van der Waals surface area contributed by atoms with Crippen LogP contribution in [0, 0.1) is 0 Å². The zero-order valence-electron chi connectivity index (χ0n) is 11.1. The van der Waals surface area contributed by atoms with Crippen molar-refractivity contribution >= 4 is 5.97 Å². The summed E-state index contributed by atoms with van der Waals surface area (Å²) in [6.07, 6.45) is 0. The Morgan fingerprint density at radius 2 is 1.19 bits per heavy atom. The van der Waals surface area contributed by atoms with E-state index in [0.717, 1.165) is 0 Å². The van der Waals surface area contributed by atoms with Crippen LogP contribution >= 0.6 is 0 Å². The maximum absolute atomic E-state index is 11.9. The number of rotatable bonds is 6. The van der Waals surface area contributed by atoms with Crippen LogP contribution in [-0.2, 0) is 0 Å². The van der Waals surface area contributed by atoms with Crippen molar-refractivity contribution in [1.29, 1.82) is 0 Å². The van der Waals surface area contributed by atoms with Gasteiger partial charge in [0, 0.05) is 0 Å². The predicted octanol–water partition coefficient (Wildman–Crippen LogP) is 1.56. The monoisotopic (exact) mass is 290 g/mol. The van der Waals surface area contributed by atoms with E-state index in [9.17, 15) is 4.79 Å². The van der Waals surface area contributed by atoms with Crippen molar-refractivity contribution in [2.24, 2.45) is 0 Å². The maximum atomic E-state index is 11.9. The molecular weight excluding hydrogens is 276 g/mol. The zero-order valence-corrected chi connectivity index (χ0v) is 11.1. The van der Waals surface area contributed by atoms with E-state index >= 15 is 0 Å². The minimum absolute atomic E-state index is 0.357. The van der Waals surface area contributed by atoms with Crippen molar-refractivity contribution in [2.75, 3.05) is 13.6 Å². The average molecular weight is 290 g/mol. The molecule has 6 nitrogen and oxygen atoms in total. The van der Waals surface area contributed by atoms with E-state index in [4.69, 9.17) is 24.4 Å². The predicted molar refractivity (Wildman–Crippen MR) is 73.3 cm³/mol. The van der Waals surface area contributed by atoms with Crippen LogP contribution in [0.2, 0.25) is 0 Å². The summed E-state index contributed by atoms with van der Waals surface area (Å²) in [5.74, 6) is 0.782. The van der Waals surface area contributed by atoms with E-state index in [-0.39, 0.29) is 0 Å². The molecule has 0 saturated carbocycles. The van der Waals surface area contributed by atoms with Gasteiger partial charge < -0.3 is 24.4 Å². The molecule has 0 aliphatic heterocycles. The lowest BCUT2D eigenvalue weighted by molar-refractivity contribution is 0.0733. The van der Waals surface area contributed by atoms with Crippen molar-refractivity contribution in [3.63, 3.8) is 0 Å². The fourth-order valence-corrected chi connectivity index (χ4v) is 1.61. The lowest BCUT2D eigenvalue weighted by atomic mass is 10.2. The molecule has 0 amide bonds. The van der Waals surface area contributed by atoms with Crippen LogP contribution in [0.5, 0.6) is 17.2 Å². The molecule has 6 heteroatoms. The van der Waals surface area contributed by atoms with E-state index in [1.54, 1.807) is 36.4 Å². The lowest BCUT2D eigenvalue weighted by Crippen LogP contribution is -2.08. The number of hydrogen-bond acceptors (Lipinski definition) is 6. The van der Waals surface area contributed by atoms with Gasteiger partial charge in [0.1, 0.15) is 17.2 Å². The lowest BCUT2D eigenvalue weighted by Gasteiger charge is -2.07. The van der Waals surface area contributed by atoms with E-state index in [2.05, 4.69) is 0 Å². The van der Waals surface area contributed by atoms with Crippen LogP contribution in [-0.4, -0.2) is 29.8 Å². The largest absolute Gasteiger partial charge is 0.468 e. The molecule has 2 N–H and O–H groups in total. The first-order valence-electron chi connectivity index (χ1n) is 6.12. The number of esters is 1. The number of aliphatic hydroxyl groups is 2. The highest BCUT2D eigenvalue weighted by Gasteiger charge is 2.09. The van der Waals surface area contributed by atoms with Crippen LogP contribution in [0.25, 0.3) is 0 Å². The van der Waals surface area contributed by atoms with Gasteiger partial charge in [-0.25, -0.2) is 4.79 Å². The van der Waals surface area contributed by atoms with E-state index < -0.39 is 19.6 Å². The van der Waals surface area contributed by atoms with Crippen LogP contribution in [0.1, 0.15) is 10.4 Å². The topological polar surface area (TPSA) is 85.2 Å².